The van der Waals surface area contributed by atoms with E-state index in [9.17, 15) is 35.9 Å². The molecule has 0 spiro atoms. The standard InChI is InChI=1S/C22H16F4N6O4S2/c1-37-19-15(20(33)34)17(27)32(31-19)18-14(11-3-2-4-13(9-11)38(28,35)36)16(10-5-7-12(23)8-6-10)29-21(30-18)22(24,25)26/h2-9H,27H2,1H3,(H,33,34)(H2,28,35,36). The molecule has 38 heavy (non-hydrogen) atoms. The zero-order valence-electron chi connectivity index (χ0n) is 19.1. The number of primary sulfonamides is 1. The zero-order chi connectivity index (χ0) is 28.0. The van der Waals surface area contributed by atoms with Gasteiger partial charge in [0.25, 0.3) is 0 Å². The number of carboxylic acid groups (broad SMARTS) is 1. The Morgan fingerprint density at radius 2 is 1.74 bits per heavy atom. The number of aromatic nitrogens is 4. The molecule has 0 aliphatic rings. The van der Waals surface area contributed by atoms with Crippen LogP contribution in [0.15, 0.2) is 58.5 Å². The molecule has 0 saturated heterocycles. The van der Waals surface area contributed by atoms with Gasteiger partial charge in [-0.1, -0.05) is 12.1 Å². The molecule has 16 heteroatoms. The highest BCUT2D eigenvalue weighted by molar-refractivity contribution is 7.98. The average molecular weight is 569 g/mol. The van der Waals surface area contributed by atoms with Crippen molar-refractivity contribution < 1.29 is 35.9 Å². The highest BCUT2D eigenvalue weighted by Gasteiger charge is 2.38. The van der Waals surface area contributed by atoms with Gasteiger partial charge in [0.15, 0.2) is 5.82 Å². The molecule has 0 fully saturated rings. The largest absolute Gasteiger partial charge is 0.477 e. The third kappa shape index (κ3) is 5.05. The predicted molar refractivity (Wildman–Crippen MR) is 130 cm³/mol. The topological polar surface area (TPSA) is 167 Å². The number of sulfonamides is 1. The summed E-state index contributed by atoms with van der Waals surface area (Å²) < 4.78 is 80.2. The molecular formula is C22H16F4N6O4S2. The monoisotopic (exact) mass is 568 g/mol. The van der Waals surface area contributed by atoms with Crippen molar-refractivity contribution in [3.63, 3.8) is 0 Å². The van der Waals surface area contributed by atoms with Gasteiger partial charge in [0, 0.05) is 5.56 Å². The van der Waals surface area contributed by atoms with Crippen molar-refractivity contribution >= 4 is 33.6 Å². The van der Waals surface area contributed by atoms with E-state index in [0.29, 0.717) is 4.68 Å². The molecular weight excluding hydrogens is 552 g/mol. The van der Waals surface area contributed by atoms with Crippen molar-refractivity contribution in [2.75, 3.05) is 12.0 Å². The van der Waals surface area contributed by atoms with E-state index in [2.05, 4.69) is 15.1 Å². The molecule has 2 aromatic heterocycles. The first kappa shape index (κ1) is 27.0. The Morgan fingerprint density at radius 1 is 1.08 bits per heavy atom. The van der Waals surface area contributed by atoms with Crippen LogP contribution in [0, 0.1) is 5.82 Å². The van der Waals surface area contributed by atoms with E-state index < -0.39 is 51.0 Å². The Hall–Kier alpha value is -4.02. The highest BCUT2D eigenvalue weighted by atomic mass is 32.2. The number of nitrogen functional groups attached to an aromatic ring is 1. The summed E-state index contributed by atoms with van der Waals surface area (Å²) >= 11 is 0.877. The van der Waals surface area contributed by atoms with Gasteiger partial charge < -0.3 is 10.8 Å². The van der Waals surface area contributed by atoms with Crippen molar-refractivity contribution in [2.45, 2.75) is 16.1 Å². The van der Waals surface area contributed by atoms with Gasteiger partial charge in [0.1, 0.15) is 22.2 Å². The molecule has 0 radical (unpaired) electrons. The van der Waals surface area contributed by atoms with Gasteiger partial charge in [-0.3, -0.25) is 0 Å². The number of aromatic carboxylic acids is 1. The molecule has 0 saturated carbocycles. The third-order valence-corrected chi connectivity index (χ3v) is 6.79. The minimum Gasteiger partial charge on any atom is -0.477 e. The van der Waals surface area contributed by atoms with Crippen LogP contribution in [-0.4, -0.2) is 45.5 Å². The number of hydrogen-bond donors (Lipinski definition) is 3. The Balaban J connectivity index is 2.21. The van der Waals surface area contributed by atoms with E-state index in [1.165, 1.54) is 18.4 Å². The maximum Gasteiger partial charge on any atom is 0.451 e. The zero-order valence-corrected chi connectivity index (χ0v) is 20.7. The fourth-order valence-electron chi connectivity index (χ4n) is 3.56. The number of halogens is 4. The van der Waals surface area contributed by atoms with Gasteiger partial charge in [-0.25, -0.2) is 32.7 Å². The molecule has 4 aromatic rings. The molecule has 5 N–H and O–H groups in total. The van der Waals surface area contributed by atoms with Gasteiger partial charge in [0.2, 0.25) is 15.8 Å². The van der Waals surface area contributed by atoms with Crippen LogP contribution in [0.2, 0.25) is 0 Å². The molecule has 2 aromatic carbocycles. The molecule has 0 aliphatic heterocycles. The second-order valence-corrected chi connectivity index (χ2v) is 10.0. The molecule has 2 heterocycles. The van der Waals surface area contributed by atoms with Gasteiger partial charge in [0.05, 0.1) is 16.2 Å². The van der Waals surface area contributed by atoms with Crippen LogP contribution in [0.1, 0.15) is 16.2 Å². The van der Waals surface area contributed by atoms with E-state index in [4.69, 9.17) is 10.9 Å². The van der Waals surface area contributed by atoms with Crippen LogP contribution in [-0.2, 0) is 16.2 Å². The Bertz CT molecular complexity index is 1670. The lowest BCUT2D eigenvalue weighted by atomic mass is 9.99. The maximum atomic E-state index is 13.9. The molecule has 10 nitrogen and oxygen atoms in total. The van der Waals surface area contributed by atoms with Crippen molar-refractivity contribution in [3.8, 4) is 28.2 Å². The molecule has 0 bridgehead atoms. The Kier molecular flexibility index (Phi) is 6.90. The fraction of sp³-hybridized carbons (Fsp3) is 0.0909. The summed E-state index contributed by atoms with van der Waals surface area (Å²) in [4.78, 5) is 18.7. The summed E-state index contributed by atoms with van der Waals surface area (Å²) in [5.41, 5.74) is 4.96. The number of carboxylic acids is 1. The summed E-state index contributed by atoms with van der Waals surface area (Å²) in [6.45, 7) is 0. The van der Waals surface area contributed by atoms with Gasteiger partial charge in [-0.2, -0.15) is 23.0 Å². The van der Waals surface area contributed by atoms with Gasteiger partial charge in [-0.05, 0) is 48.2 Å². The summed E-state index contributed by atoms with van der Waals surface area (Å²) in [7, 11) is -4.25. The lowest BCUT2D eigenvalue weighted by Crippen LogP contribution is -2.17. The fourth-order valence-corrected chi connectivity index (χ4v) is 4.67. The molecule has 198 valence electrons. The van der Waals surface area contributed by atoms with E-state index in [1.807, 2.05) is 0 Å². The summed E-state index contributed by atoms with van der Waals surface area (Å²) in [6, 6.07) is 9.19. The number of alkyl halides is 3. The summed E-state index contributed by atoms with van der Waals surface area (Å²) in [5, 5.41) is 18.8. The van der Waals surface area contributed by atoms with Crippen LogP contribution >= 0.6 is 11.8 Å². The number of nitrogens with zero attached hydrogens (tertiary/aromatic N) is 4. The van der Waals surface area contributed by atoms with Crippen LogP contribution in [0.25, 0.3) is 28.2 Å². The Labute approximate surface area is 216 Å². The number of nitrogens with two attached hydrogens (primary N) is 2. The molecule has 0 amide bonds. The van der Waals surface area contributed by atoms with Crippen molar-refractivity contribution in [1.29, 1.82) is 0 Å². The number of benzene rings is 2. The summed E-state index contributed by atoms with van der Waals surface area (Å²) in [5.74, 6) is -4.93. The normalized spacial score (nSPS) is 12.1. The lowest BCUT2D eigenvalue weighted by molar-refractivity contribution is -0.144. The first-order valence-corrected chi connectivity index (χ1v) is 13.0. The lowest BCUT2D eigenvalue weighted by Gasteiger charge is -2.18. The van der Waals surface area contributed by atoms with E-state index in [1.54, 1.807) is 0 Å². The van der Waals surface area contributed by atoms with E-state index in [0.717, 1.165) is 48.2 Å². The average Bonchev–Trinajstić information content (AvgIpc) is 3.19. The number of thioether (sulfide) groups is 1. The second kappa shape index (κ2) is 9.70. The van der Waals surface area contributed by atoms with Gasteiger partial charge in [-0.15, -0.1) is 11.8 Å². The first-order chi connectivity index (χ1) is 17.7. The summed E-state index contributed by atoms with van der Waals surface area (Å²) in [6.07, 6.45) is -3.59. The third-order valence-electron chi connectivity index (χ3n) is 5.21. The number of hydrogen-bond acceptors (Lipinski definition) is 8. The Morgan fingerprint density at radius 3 is 2.26 bits per heavy atom. The SMILES string of the molecule is CSc1nn(-c2nc(C(F)(F)F)nc(-c3ccc(F)cc3)c2-c2cccc(S(N)(=O)=O)c2)c(N)c1C(=O)O. The first-order valence-electron chi connectivity index (χ1n) is 10.3. The number of rotatable bonds is 6. The molecule has 0 unspecified atom stereocenters. The minimum absolute atomic E-state index is 0.00540. The van der Waals surface area contributed by atoms with Crippen LogP contribution < -0.4 is 10.9 Å². The molecule has 0 aliphatic carbocycles. The van der Waals surface area contributed by atoms with Crippen LogP contribution in [0.5, 0.6) is 0 Å². The van der Waals surface area contributed by atoms with Crippen molar-refractivity contribution in [3.05, 3.63) is 65.7 Å². The number of carbonyl (C=O) groups is 1. The number of anilines is 1. The van der Waals surface area contributed by atoms with Crippen LogP contribution in [0.4, 0.5) is 23.4 Å². The smallest absolute Gasteiger partial charge is 0.451 e. The predicted octanol–water partition coefficient (Wildman–Crippen LogP) is 3.80. The second-order valence-electron chi connectivity index (χ2n) is 7.66. The highest BCUT2D eigenvalue weighted by Crippen LogP contribution is 2.40. The van der Waals surface area contributed by atoms with E-state index >= 15 is 0 Å². The molecule has 4 rings (SSSR count). The van der Waals surface area contributed by atoms with Crippen molar-refractivity contribution in [1.82, 2.24) is 19.7 Å². The minimum atomic E-state index is -5.08. The molecule has 0 atom stereocenters. The maximum absolute atomic E-state index is 13.9. The van der Waals surface area contributed by atoms with Crippen molar-refractivity contribution in [2.24, 2.45) is 5.14 Å². The van der Waals surface area contributed by atoms with Gasteiger partial charge >= 0.3 is 12.1 Å². The van der Waals surface area contributed by atoms with Crippen LogP contribution in [0.3, 0.4) is 0 Å². The van der Waals surface area contributed by atoms with E-state index in [-0.39, 0.29) is 32.3 Å². The quantitative estimate of drug-likeness (QED) is 0.231.